The summed E-state index contributed by atoms with van der Waals surface area (Å²) in [4.78, 5) is 11.6. The number of alkyl halides is 1. The predicted octanol–water partition coefficient (Wildman–Crippen LogP) is 2.29. The van der Waals surface area contributed by atoms with E-state index < -0.39 is 6.10 Å². The highest BCUT2D eigenvalue weighted by atomic mass is 35.5. The highest BCUT2D eigenvalue weighted by Crippen LogP contribution is 2.16. The molecule has 0 fully saturated rings. The number of carbonyl (C=O) groups is 1. The molecule has 0 amide bonds. The molecule has 0 bridgehead atoms. The maximum atomic E-state index is 11.6. The van der Waals surface area contributed by atoms with Crippen LogP contribution in [-0.4, -0.2) is 29.4 Å². The van der Waals surface area contributed by atoms with Crippen LogP contribution in [0.15, 0.2) is 24.3 Å². The van der Waals surface area contributed by atoms with Crippen molar-refractivity contribution in [3.63, 3.8) is 0 Å². The number of benzene rings is 1. The zero-order valence-corrected chi connectivity index (χ0v) is 10.00. The van der Waals surface area contributed by atoms with Crippen LogP contribution in [-0.2, 0) is 0 Å². The van der Waals surface area contributed by atoms with E-state index in [9.17, 15) is 9.90 Å². The van der Waals surface area contributed by atoms with Crippen molar-refractivity contribution < 1.29 is 9.90 Å². The first-order valence-corrected chi connectivity index (χ1v) is 5.82. The summed E-state index contributed by atoms with van der Waals surface area (Å²) in [6.07, 6.45) is -0.136. The van der Waals surface area contributed by atoms with Crippen molar-refractivity contribution in [3.8, 4) is 0 Å². The van der Waals surface area contributed by atoms with Crippen molar-refractivity contribution in [1.82, 2.24) is 0 Å². The lowest BCUT2D eigenvalue weighted by atomic mass is 10.1. The van der Waals surface area contributed by atoms with Crippen LogP contribution < -0.4 is 5.32 Å². The lowest BCUT2D eigenvalue weighted by Crippen LogP contribution is -2.21. The van der Waals surface area contributed by atoms with Gasteiger partial charge in [-0.05, 0) is 12.1 Å². The number of hydrogen-bond donors (Lipinski definition) is 2. The van der Waals surface area contributed by atoms with Gasteiger partial charge in [-0.3, -0.25) is 4.79 Å². The van der Waals surface area contributed by atoms with Gasteiger partial charge in [0, 0.05) is 24.2 Å². The average molecular weight is 242 g/mol. The summed E-state index contributed by atoms with van der Waals surface area (Å²) in [5, 5.41) is 12.4. The molecule has 0 saturated heterocycles. The lowest BCUT2D eigenvalue weighted by molar-refractivity contribution is 0.0988. The SMILES string of the molecule is CCC(=O)c1ccccc1NCC(O)CCl. The number of ketones is 1. The number of hydrogen-bond acceptors (Lipinski definition) is 3. The Balaban J connectivity index is 2.75. The van der Waals surface area contributed by atoms with E-state index in [4.69, 9.17) is 11.6 Å². The van der Waals surface area contributed by atoms with Gasteiger partial charge in [0.1, 0.15) is 0 Å². The van der Waals surface area contributed by atoms with E-state index >= 15 is 0 Å². The number of rotatable bonds is 6. The highest BCUT2D eigenvalue weighted by Gasteiger charge is 2.09. The van der Waals surface area contributed by atoms with E-state index in [0.29, 0.717) is 18.5 Å². The average Bonchev–Trinajstić information content (AvgIpc) is 2.35. The molecule has 4 heteroatoms. The van der Waals surface area contributed by atoms with Gasteiger partial charge >= 0.3 is 0 Å². The van der Waals surface area contributed by atoms with Gasteiger partial charge in [0.2, 0.25) is 0 Å². The Bertz CT molecular complexity index is 355. The van der Waals surface area contributed by atoms with E-state index in [0.717, 1.165) is 5.69 Å². The number of aliphatic hydroxyl groups excluding tert-OH is 1. The summed E-state index contributed by atoms with van der Waals surface area (Å²) in [6, 6.07) is 7.28. The molecule has 0 heterocycles. The maximum Gasteiger partial charge on any atom is 0.164 e. The quantitative estimate of drug-likeness (QED) is 0.594. The zero-order chi connectivity index (χ0) is 12.0. The van der Waals surface area contributed by atoms with Crippen LogP contribution in [0.25, 0.3) is 0 Å². The van der Waals surface area contributed by atoms with Crippen LogP contribution in [0.3, 0.4) is 0 Å². The van der Waals surface area contributed by atoms with Crippen molar-refractivity contribution >= 4 is 23.1 Å². The second-order valence-electron chi connectivity index (χ2n) is 3.51. The molecular formula is C12H16ClNO2. The molecule has 1 unspecified atom stereocenters. The van der Waals surface area contributed by atoms with Crippen molar-refractivity contribution in [2.45, 2.75) is 19.4 Å². The molecule has 16 heavy (non-hydrogen) atoms. The van der Waals surface area contributed by atoms with Crippen molar-refractivity contribution in [3.05, 3.63) is 29.8 Å². The van der Waals surface area contributed by atoms with Crippen LogP contribution in [0.1, 0.15) is 23.7 Å². The molecule has 0 aliphatic rings. The summed E-state index contributed by atoms with van der Waals surface area (Å²) < 4.78 is 0. The molecule has 0 saturated carbocycles. The van der Waals surface area contributed by atoms with E-state index in [-0.39, 0.29) is 11.7 Å². The number of aliphatic hydroxyl groups is 1. The van der Waals surface area contributed by atoms with Gasteiger partial charge in [0.05, 0.1) is 12.0 Å². The van der Waals surface area contributed by atoms with Crippen LogP contribution >= 0.6 is 11.6 Å². The fourth-order valence-electron chi connectivity index (χ4n) is 1.35. The molecule has 1 aromatic rings. The standard InChI is InChI=1S/C12H16ClNO2/c1-2-12(16)10-5-3-4-6-11(10)14-8-9(15)7-13/h3-6,9,14-15H,2,7-8H2,1H3. The van der Waals surface area contributed by atoms with Gasteiger partial charge in [-0.15, -0.1) is 11.6 Å². The van der Waals surface area contributed by atoms with Gasteiger partial charge in [-0.25, -0.2) is 0 Å². The number of halogens is 1. The minimum Gasteiger partial charge on any atom is -0.390 e. The monoisotopic (exact) mass is 241 g/mol. The zero-order valence-electron chi connectivity index (χ0n) is 9.24. The second-order valence-corrected chi connectivity index (χ2v) is 3.82. The number of nitrogens with one attached hydrogen (secondary N) is 1. The molecule has 0 aromatic heterocycles. The molecule has 0 radical (unpaired) electrons. The van der Waals surface area contributed by atoms with Gasteiger partial charge in [0.15, 0.2) is 5.78 Å². The van der Waals surface area contributed by atoms with Crippen molar-refractivity contribution in [1.29, 1.82) is 0 Å². The number of carbonyl (C=O) groups excluding carboxylic acids is 1. The third-order valence-corrected chi connectivity index (χ3v) is 2.61. The van der Waals surface area contributed by atoms with Gasteiger partial charge < -0.3 is 10.4 Å². The van der Waals surface area contributed by atoms with Crippen LogP contribution in [0.5, 0.6) is 0 Å². The highest BCUT2D eigenvalue weighted by molar-refractivity contribution is 6.18. The normalized spacial score (nSPS) is 12.2. The Kier molecular flexibility index (Phi) is 5.29. The van der Waals surface area contributed by atoms with E-state index in [2.05, 4.69) is 5.32 Å². The number of Topliss-reactive ketones (excluding diaryl/α,β-unsaturated/α-hetero) is 1. The van der Waals surface area contributed by atoms with Crippen LogP contribution in [0, 0.1) is 0 Å². The third-order valence-electron chi connectivity index (χ3n) is 2.25. The topological polar surface area (TPSA) is 49.3 Å². The van der Waals surface area contributed by atoms with Crippen molar-refractivity contribution in [2.24, 2.45) is 0 Å². The molecule has 0 aliphatic heterocycles. The summed E-state index contributed by atoms with van der Waals surface area (Å²) >= 11 is 5.49. The van der Waals surface area contributed by atoms with E-state index in [1.54, 1.807) is 6.07 Å². The Morgan fingerprint density at radius 3 is 2.81 bits per heavy atom. The van der Waals surface area contributed by atoms with Crippen LogP contribution in [0.2, 0.25) is 0 Å². The minimum absolute atomic E-state index is 0.0865. The molecule has 1 aromatic carbocycles. The van der Waals surface area contributed by atoms with Gasteiger partial charge in [-0.1, -0.05) is 19.1 Å². The third kappa shape index (κ3) is 3.51. The molecule has 3 nitrogen and oxygen atoms in total. The molecule has 0 aliphatic carbocycles. The Labute approximate surface area is 100 Å². The summed E-state index contributed by atoms with van der Waals surface area (Å²) in [5.41, 5.74) is 1.41. The van der Waals surface area contributed by atoms with E-state index in [1.807, 2.05) is 25.1 Å². The number of anilines is 1. The predicted molar refractivity (Wildman–Crippen MR) is 66.3 cm³/mol. The molecular weight excluding hydrogens is 226 g/mol. The fourth-order valence-corrected chi connectivity index (χ4v) is 1.46. The maximum absolute atomic E-state index is 11.6. The first-order chi connectivity index (χ1) is 7.69. The second kappa shape index (κ2) is 6.51. The smallest absolute Gasteiger partial charge is 0.164 e. The largest absolute Gasteiger partial charge is 0.390 e. The fraction of sp³-hybridized carbons (Fsp3) is 0.417. The molecule has 88 valence electrons. The molecule has 2 N–H and O–H groups in total. The van der Waals surface area contributed by atoms with Crippen LogP contribution in [0.4, 0.5) is 5.69 Å². The lowest BCUT2D eigenvalue weighted by Gasteiger charge is -2.12. The Morgan fingerprint density at radius 1 is 1.50 bits per heavy atom. The number of para-hydroxylation sites is 1. The summed E-state index contributed by atoms with van der Waals surface area (Å²) in [7, 11) is 0. The minimum atomic E-state index is -0.605. The summed E-state index contributed by atoms with van der Waals surface area (Å²) in [5.74, 6) is 0.264. The molecule has 1 atom stereocenters. The summed E-state index contributed by atoms with van der Waals surface area (Å²) in [6.45, 7) is 2.17. The Morgan fingerprint density at radius 2 is 2.19 bits per heavy atom. The first kappa shape index (κ1) is 13.0. The first-order valence-electron chi connectivity index (χ1n) is 5.29. The van der Waals surface area contributed by atoms with Gasteiger partial charge in [0.25, 0.3) is 0 Å². The van der Waals surface area contributed by atoms with Crippen molar-refractivity contribution in [2.75, 3.05) is 17.7 Å². The molecule has 0 spiro atoms. The van der Waals surface area contributed by atoms with E-state index in [1.165, 1.54) is 0 Å². The van der Waals surface area contributed by atoms with Gasteiger partial charge in [-0.2, -0.15) is 0 Å². The molecule has 1 rings (SSSR count). The Hall–Kier alpha value is -1.06.